The van der Waals surface area contributed by atoms with Crippen molar-refractivity contribution in [3.63, 3.8) is 0 Å². The van der Waals surface area contributed by atoms with Crippen molar-refractivity contribution in [3.05, 3.63) is 12.2 Å². The van der Waals surface area contributed by atoms with E-state index in [0.29, 0.717) is 11.3 Å². The normalized spacial score (nSPS) is 47.4. The Morgan fingerprint density at radius 2 is 1.83 bits per heavy atom. The summed E-state index contributed by atoms with van der Waals surface area (Å²) in [5.41, 5.74) is 2.18. The molecule has 0 aliphatic heterocycles. The standard InChI is InChI=1S/C16H28OSi/c1-12-6-9-15-10-7-13(2)16(15,14(12)8-11-15)17-18(3,4)5/h13-14H,1,6-11H2,2-5H3/t13-,14-,15+,16+/m0/s1. The fourth-order valence-electron chi connectivity index (χ4n) is 5.41. The minimum Gasteiger partial charge on any atom is -0.411 e. The van der Waals surface area contributed by atoms with E-state index in [1.165, 1.54) is 44.1 Å². The van der Waals surface area contributed by atoms with Gasteiger partial charge in [-0.3, -0.25) is 0 Å². The summed E-state index contributed by atoms with van der Waals surface area (Å²) in [5, 5.41) is 0. The predicted molar refractivity (Wildman–Crippen MR) is 79.1 cm³/mol. The van der Waals surface area contributed by atoms with Crippen LogP contribution >= 0.6 is 0 Å². The summed E-state index contributed by atoms with van der Waals surface area (Å²) >= 11 is 0. The molecule has 3 aliphatic rings. The molecule has 0 unspecified atom stereocenters. The highest BCUT2D eigenvalue weighted by molar-refractivity contribution is 6.69. The Labute approximate surface area is 113 Å². The van der Waals surface area contributed by atoms with Crippen LogP contribution in [0.2, 0.25) is 19.6 Å². The van der Waals surface area contributed by atoms with Gasteiger partial charge in [-0.25, -0.2) is 0 Å². The molecule has 0 heterocycles. The van der Waals surface area contributed by atoms with Gasteiger partial charge in [0, 0.05) is 5.92 Å². The molecule has 3 rings (SSSR count). The van der Waals surface area contributed by atoms with E-state index < -0.39 is 8.32 Å². The highest BCUT2D eigenvalue weighted by Gasteiger charge is 2.68. The summed E-state index contributed by atoms with van der Waals surface area (Å²) < 4.78 is 6.93. The van der Waals surface area contributed by atoms with Crippen LogP contribution in [-0.2, 0) is 4.43 Å². The Morgan fingerprint density at radius 3 is 2.50 bits per heavy atom. The van der Waals surface area contributed by atoms with Crippen molar-refractivity contribution in [1.29, 1.82) is 0 Å². The Morgan fingerprint density at radius 1 is 1.17 bits per heavy atom. The van der Waals surface area contributed by atoms with E-state index in [4.69, 9.17) is 4.43 Å². The van der Waals surface area contributed by atoms with Crippen molar-refractivity contribution >= 4 is 8.32 Å². The molecule has 102 valence electrons. The second-order valence-corrected chi connectivity index (χ2v) is 12.4. The first kappa shape index (κ1) is 12.9. The Balaban J connectivity index is 2.08. The Bertz CT molecular complexity index is 383. The molecule has 3 saturated carbocycles. The minimum atomic E-state index is -1.50. The zero-order valence-corrected chi connectivity index (χ0v) is 13.5. The lowest BCUT2D eigenvalue weighted by Crippen LogP contribution is -2.57. The molecule has 0 radical (unpaired) electrons. The molecular formula is C16H28OSi. The van der Waals surface area contributed by atoms with Gasteiger partial charge in [0.05, 0.1) is 5.60 Å². The van der Waals surface area contributed by atoms with Crippen LogP contribution < -0.4 is 0 Å². The molecular weight excluding hydrogens is 236 g/mol. The van der Waals surface area contributed by atoms with Crippen LogP contribution in [0, 0.1) is 17.3 Å². The number of hydrogen-bond donors (Lipinski definition) is 0. The van der Waals surface area contributed by atoms with Crippen molar-refractivity contribution in [2.24, 2.45) is 17.3 Å². The van der Waals surface area contributed by atoms with Crippen molar-refractivity contribution < 1.29 is 4.43 Å². The van der Waals surface area contributed by atoms with Crippen LogP contribution in [0.4, 0.5) is 0 Å². The molecule has 0 N–H and O–H groups in total. The molecule has 0 amide bonds. The van der Waals surface area contributed by atoms with Gasteiger partial charge in [0.2, 0.25) is 0 Å². The van der Waals surface area contributed by atoms with Crippen molar-refractivity contribution in [3.8, 4) is 0 Å². The number of rotatable bonds is 2. The van der Waals surface area contributed by atoms with Gasteiger partial charge in [-0.05, 0) is 69.5 Å². The lowest BCUT2D eigenvalue weighted by atomic mass is 9.62. The van der Waals surface area contributed by atoms with Gasteiger partial charge < -0.3 is 4.43 Å². The third kappa shape index (κ3) is 1.48. The van der Waals surface area contributed by atoms with E-state index in [9.17, 15) is 0 Å². The Kier molecular flexibility index (Phi) is 2.68. The average molecular weight is 264 g/mol. The second-order valence-electron chi connectivity index (χ2n) is 7.98. The zero-order valence-electron chi connectivity index (χ0n) is 12.5. The molecule has 4 atom stereocenters. The Hall–Kier alpha value is -0.0831. The topological polar surface area (TPSA) is 9.23 Å². The molecule has 0 aromatic rings. The zero-order chi connectivity index (χ0) is 13.2. The summed E-state index contributed by atoms with van der Waals surface area (Å²) in [6.07, 6.45) is 8.11. The van der Waals surface area contributed by atoms with Crippen LogP contribution in [0.5, 0.6) is 0 Å². The maximum absolute atomic E-state index is 6.93. The SMILES string of the molecule is C=C1CC[C@]23CC[C@H](C)[C@@]2(O[Si](C)(C)C)[C@H]1CC3. The molecule has 3 aliphatic carbocycles. The highest BCUT2D eigenvalue weighted by Crippen LogP contribution is 2.70. The highest BCUT2D eigenvalue weighted by atomic mass is 28.4. The predicted octanol–water partition coefficient (Wildman–Crippen LogP) is 4.75. The monoisotopic (exact) mass is 264 g/mol. The van der Waals surface area contributed by atoms with E-state index in [1.807, 2.05) is 0 Å². The molecule has 0 saturated heterocycles. The van der Waals surface area contributed by atoms with Crippen LogP contribution in [0.15, 0.2) is 12.2 Å². The van der Waals surface area contributed by atoms with Gasteiger partial charge >= 0.3 is 0 Å². The molecule has 0 aromatic carbocycles. The molecule has 2 bridgehead atoms. The maximum Gasteiger partial charge on any atom is 0.184 e. The van der Waals surface area contributed by atoms with Gasteiger partial charge in [0.1, 0.15) is 0 Å². The van der Waals surface area contributed by atoms with Gasteiger partial charge in [0.25, 0.3) is 0 Å². The third-order valence-electron chi connectivity index (χ3n) is 5.94. The van der Waals surface area contributed by atoms with E-state index in [-0.39, 0.29) is 5.60 Å². The van der Waals surface area contributed by atoms with Gasteiger partial charge in [0.15, 0.2) is 8.32 Å². The quantitative estimate of drug-likeness (QED) is 0.516. The van der Waals surface area contributed by atoms with Crippen LogP contribution in [0.25, 0.3) is 0 Å². The summed E-state index contributed by atoms with van der Waals surface area (Å²) in [6, 6.07) is 0. The van der Waals surface area contributed by atoms with Gasteiger partial charge in [-0.2, -0.15) is 0 Å². The lowest BCUT2D eigenvalue weighted by Gasteiger charge is -2.53. The maximum atomic E-state index is 6.93. The van der Waals surface area contributed by atoms with E-state index >= 15 is 0 Å². The summed E-state index contributed by atoms with van der Waals surface area (Å²) in [6.45, 7) is 13.9. The molecule has 3 fully saturated rings. The number of hydrogen-bond acceptors (Lipinski definition) is 1. The van der Waals surface area contributed by atoms with Crippen LogP contribution in [0.1, 0.15) is 45.4 Å². The van der Waals surface area contributed by atoms with E-state index in [0.717, 1.165) is 5.92 Å². The largest absolute Gasteiger partial charge is 0.411 e. The van der Waals surface area contributed by atoms with Crippen molar-refractivity contribution in [1.82, 2.24) is 0 Å². The lowest BCUT2D eigenvalue weighted by molar-refractivity contribution is -0.0869. The molecule has 0 aromatic heterocycles. The molecule has 0 spiro atoms. The third-order valence-corrected chi connectivity index (χ3v) is 6.89. The molecule has 18 heavy (non-hydrogen) atoms. The minimum absolute atomic E-state index is 0.173. The molecule has 2 heteroatoms. The van der Waals surface area contributed by atoms with Gasteiger partial charge in [-0.15, -0.1) is 0 Å². The molecule has 1 nitrogen and oxygen atoms in total. The van der Waals surface area contributed by atoms with Crippen molar-refractivity contribution in [2.75, 3.05) is 0 Å². The summed E-state index contributed by atoms with van der Waals surface area (Å²) in [4.78, 5) is 0. The smallest absolute Gasteiger partial charge is 0.184 e. The fourth-order valence-corrected chi connectivity index (χ4v) is 6.98. The van der Waals surface area contributed by atoms with E-state index in [2.05, 4.69) is 33.1 Å². The first-order valence-corrected chi connectivity index (χ1v) is 11.1. The average Bonchev–Trinajstić information content (AvgIpc) is 2.61. The summed E-state index contributed by atoms with van der Waals surface area (Å²) in [7, 11) is -1.50. The van der Waals surface area contributed by atoms with Gasteiger partial charge in [-0.1, -0.05) is 19.1 Å². The fraction of sp³-hybridized carbons (Fsp3) is 0.875. The van der Waals surface area contributed by atoms with Crippen LogP contribution in [-0.4, -0.2) is 13.9 Å². The second kappa shape index (κ2) is 3.73. The summed E-state index contributed by atoms with van der Waals surface area (Å²) in [5.74, 6) is 1.39. The van der Waals surface area contributed by atoms with Crippen LogP contribution in [0.3, 0.4) is 0 Å². The van der Waals surface area contributed by atoms with Crippen molar-refractivity contribution in [2.45, 2.75) is 70.7 Å². The first-order valence-electron chi connectivity index (χ1n) is 7.69. The first-order chi connectivity index (χ1) is 8.31. The van der Waals surface area contributed by atoms with E-state index in [1.54, 1.807) is 0 Å².